The average Bonchev–Trinajstić information content (AvgIpc) is 2.20. The van der Waals surface area contributed by atoms with E-state index < -0.39 is 5.78 Å². The molecule has 0 aliphatic rings. The monoisotopic (exact) mass is 204 g/mol. The van der Waals surface area contributed by atoms with Gasteiger partial charge in [0, 0.05) is 0 Å². The van der Waals surface area contributed by atoms with Crippen LogP contribution in [0.5, 0.6) is 0 Å². The minimum atomic E-state index is -0.709. The fourth-order valence-corrected chi connectivity index (χ4v) is 1.31. The maximum atomic E-state index is 11.3. The second kappa shape index (κ2) is 4.55. The number of ketones is 1. The van der Waals surface area contributed by atoms with Gasteiger partial charge in [0.15, 0.2) is 6.29 Å². The van der Waals surface area contributed by atoms with Crippen molar-refractivity contribution in [3.8, 4) is 0 Å². The number of hydrogen-bond acceptors (Lipinski definition) is 3. The van der Waals surface area contributed by atoms with Gasteiger partial charge in [0.1, 0.15) is 5.76 Å². The second-order valence-corrected chi connectivity index (χ2v) is 3.31. The number of rotatable bonds is 3. The molecule has 0 aromatic heterocycles. The van der Waals surface area contributed by atoms with E-state index in [9.17, 15) is 14.7 Å². The number of carbonyl (C=O) groups excluding carboxylic acids is 2. The number of hydrogen-bond donors (Lipinski definition) is 1. The van der Waals surface area contributed by atoms with Crippen LogP contribution < -0.4 is 0 Å². The van der Waals surface area contributed by atoms with Crippen LogP contribution in [-0.2, 0) is 9.59 Å². The van der Waals surface area contributed by atoms with Crippen molar-refractivity contribution in [2.45, 2.75) is 13.8 Å². The molecule has 0 saturated carbocycles. The molecule has 1 aromatic carbocycles. The number of carbonyl (C=O) groups is 2. The molecule has 0 aliphatic heterocycles. The quantitative estimate of drug-likeness (QED) is 0.355. The van der Waals surface area contributed by atoms with Crippen molar-refractivity contribution in [2.75, 3.05) is 0 Å². The molecule has 1 N–H and O–H groups in total. The molecule has 0 unspecified atom stereocenters. The number of benzene rings is 1. The van der Waals surface area contributed by atoms with Crippen LogP contribution in [0, 0.1) is 6.92 Å². The average molecular weight is 204 g/mol. The highest BCUT2D eigenvalue weighted by Gasteiger charge is 2.13. The van der Waals surface area contributed by atoms with Crippen LogP contribution in [0.2, 0.25) is 0 Å². The number of aldehydes is 1. The Hall–Kier alpha value is -1.90. The molecule has 0 saturated heterocycles. The van der Waals surface area contributed by atoms with Gasteiger partial charge in [-0.1, -0.05) is 29.8 Å². The zero-order chi connectivity index (χ0) is 11.4. The van der Waals surface area contributed by atoms with Crippen molar-refractivity contribution >= 4 is 17.6 Å². The summed E-state index contributed by atoms with van der Waals surface area (Å²) in [5.41, 5.74) is 1.66. The molecule has 15 heavy (non-hydrogen) atoms. The van der Waals surface area contributed by atoms with E-state index >= 15 is 0 Å². The van der Waals surface area contributed by atoms with Gasteiger partial charge in [0.05, 0.1) is 5.57 Å². The second-order valence-electron chi connectivity index (χ2n) is 3.31. The molecule has 1 aromatic rings. The van der Waals surface area contributed by atoms with E-state index in [1.54, 1.807) is 12.1 Å². The molecule has 0 radical (unpaired) electrons. The van der Waals surface area contributed by atoms with Gasteiger partial charge >= 0.3 is 0 Å². The highest BCUT2D eigenvalue weighted by atomic mass is 16.3. The Kier molecular flexibility index (Phi) is 3.39. The van der Waals surface area contributed by atoms with E-state index in [0.717, 1.165) is 5.56 Å². The number of allylic oxidation sites excluding steroid dienone is 2. The Bertz CT molecular complexity index is 409. The smallest absolute Gasteiger partial charge is 0.229 e. The summed E-state index contributed by atoms with van der Waals surface area (Å²) in [6.07, 6.45) is 0.203. The predicted molar refractivity (Wildman–Crippen MR) is 57.5 cm³/mol. The first-order valence-electron chi connectivity index (χ1n) is 4.52. The summed E-state index contributed by atoms with van der Waals surface area (Å²) >= 11 is 0. The van der Waals surface area contributed by atoms with E-state index in [-0.39, 0.29) is 17.6 Å². The fraction of sp³-hybridized carbons (Fsp3) is 0.167. The van der Waals surface area contributed by atoms with Crippen LogP contribution in [0.1, 0.15) is 18.1 Å². The number of aliphatic hydroxyl groups is 1. The largest absolute Gasteiger partial charge is 0.512 e. The lowest BCUT2D eigenvalue weighted by atomic mass is 10.0. The highest BCUT2D eigenvalue weighted by Crippen LogP contribution is 2.18. The fourth-order valence-electron chi connectivity index (χ4n) is 1.31. The number of aliphatic hydroxyl groups excluding tert-OH is 1. The summed E-state index contributed by atoms with van der Waals surface area (Å²) in [7, 11) is 0. The van der Waals surface area contributed by atoms with Crippen LogP contribution in [0.25, 0.3) is 5.57 Å². The van der Waals surface area contributed by atoms with Gasteiger partial charge in [-0.3, -0.25) is 9.59 Å². The molecule has 0 aliphatic carbocycles. The lowest BCUT2D eigenvalue weighted by Crippen LogP contribution is -2.05. The highest BCUT2D eigenvalue weighted by molar-refractivity contribution is 6.46. The zero-order valence-electron chi connectivity index (χ0n) is 8.65. The summed E-state index contributed by atoms with van der Waals surface area (Å²) in [6, 6.07) is 7.03. The lowest BCUT2D eigenvalue weighted by Gasteiger charge is -2.04. The maximum Gasteiger partial charge on any atom is 0.229 e. The van der Waals surface area contributed by atoms with Gasteiger partial charge in [-0.05, 0) is 19.4 Å². The molecular formula is C12H12O3. The van der Waals surface area contributed by atoms with E-state index in [1.165, 1.54) is 6.92 Å². The first-order chi connectivity index (χ1) is 7.06. The SMILES string of the molecule is C/C(O)=C(\C(=O)C=O)c1ccc(C)cc1. The Labute approximate surface area is 88.0 Å². The Morgan fingerprint density at radius 2 is 1.80 bits per heavy atom. The molecule has 0 heterocycles. The molecule has 78 valence electrons. The van der Waals surface area contributed by atoms with Gasteiger partial charge in [0.2, 0.25) is 5.78 Å². The van der Waals surface area contributed by atoms with Crippen LogP contribution >= 0.6 is 0 Å². The summed E-state index contributed by atoms with van der Waals surface area (Å²) in [6.45, 7) is 3.30. The summed E-state index contributed by atoms with van der Waals surface area (Å²) in [4.78, 5) is 21.6. The normalized spacial score (nSPS) is 11.9. The van der Waals surface area contributed by atoms with Gasteiger partial charge in [0.25, 0.3) is 0 Å². The van der Waals surface area contributed by atoms with E-state index in [0.29, 0.717) is 5.56 Å². The molecule has 0 atom stereocenters. The molecule has 3 nitrogen and oxygen atoms in total. The predicted octanol–water partition coefficient (Wildman–Crippen LogP) is 2.05. The van der Waals surface area contributed by atoms with Crippen LogP contribution in [0.15, 0.2) is 30.0 Å². The first-order valence-corrected chi connectivity index (χ1v) is 4.52. The molecular weight excluding hydrogens is 192 g/mol. The van der Waals surface area contributed by atoms with Crippen molar-refractivity contribution in [2.24, 2.45) is 0 Å². The van der Waals surface area contributed by atoms with Gasteiger partial charge < -0.3 is 5.11 Å². The lowest BCUT2D eigenvalue weighted by molar-refractivity contribution is -0.126. The van der Waals surface area contributed by atoms with E-state index in [1.807, 2.05) is 19.1 Å². The zero-order valence-corrected chi connectivity index (χ0v) is 8.65. The third kappa shape index (κ3) is 2.53. The molecule has 1 rings (SSSR count). The first kappa shape index (κ1) is 11.2. The van der Waals surface area contributed by atoms with E-state index in [4.69, 9.17) is 0 Å². The molecule has 0 spiro atoms. The standard InChI is InChI=1S/C12H12O3/c1-8-3-5-10(6-4-8)12(9(2)14)11(15)7-13/h3-7,14H,1-2H3/b12-9+. The van der Waals surface area contributed by atoms with Crippen LogP contribution in [0.3, 0.4) is 0 Å². The van der Waals surface area contributed by atoms with Crippen molar-refractivity contribution in [1.29, 1.82) is 0 Å². The minimum Gasteiger partial charge on any atom is -0.512 e. The van der Waals surface area contributed by atoms with Gasteiger partial charge in [-0.15, -0.1) is 0 Å². The Morgan fingerprint density at radius 1 is 1.27 bits per heavy atom. The third-order valence-corrected chi connectivity index (χ3v) is 2.06. The maximum absolute atomic E-state index is 11.3. The summed E-state index contributed by atoms with van der Waals surface area (Å²) in [5, 5.41) is 9.34. The van der Waals surface area contributed by atoms with Crippen molar-refractivity contribution in [1.82, 2.24) is 0 Å². The minimum absolute atomic E-state index is 0.0602. The Morgan fingerprint density at radius 3 is 2.20 bits per heavy atom. The molecule has 0 bridgehead atoms. The van der Waals surface area contributed by atoms with Crippen LogP contribution in [0.4, 0.5) is 0 Å². The molecule has 0 fully saturated rings. The summed E-state index contributed by atoms with van der Waals surface area (Å²) < 4.78 is 0. The van der Waals surface area contributed by atoms with Crippen molar-refractivity contribution in [3.63, 3.8) is 0 Å². The molecule has 0 amide bonds. The Balaban J connectivity index is 3.24. The van der Waals surface area contributed by atoms with E-state index in [2.05, 4.69) is 0 Å². The third-order valence-electron chi connectivity index (χ3n) is 2.06. The summed E-state index contributed by atoms with van der Waals surface area (Å²) in [5.74, 6) is -0.852. The number of Topliss-reactive ketones (excluding diaryl/α,β-unsaturated/α-hetero) is 1. The topological polar surface area (TPSA) is 54.4 Å². The van der Waals surface area contributed by atoms with Crippen molar-refractivity contribution in [3.05, 3.63) is 41.2 Å². The van der Waals surface area contributed by atoms with Gasteiger partial charge in [-0.2, -0.15) is 0 Å². The number of aryl methyl sites for hydroxylation is 1. The van der Waals surface area contributed by atoms with Gasteiger partial charge in [-0.25, -0.2) is 0 Å². The van der Waals surface area contributed by atoms with Crippen molar-refractivity contribution < 1.29 is 14.7 Å². The van der Waals surface area contributed by atoms with Crippen LogP contribution in [-0.4, -0.2) is 17.2 Å². The molecule has 3 heteroatoms.